The van der Waals surface area contributed by atoms with Gasteiger partial charge in [-0.25, -0.2) is 4.79 Å². The van der Waals surface area contributed by atoms with E-state index in [1.54, 1.807) is 41.0 Å². The monoisotopic (exact) mass is 417 g/mol. The van der Waals surface area contributed by atoms with Gasteiger partial charge in [-0.05, 0) is 13.0 Å². The number of para-hydroxylation sites is 1. The fourth-order valence-corrected chi connectivity index (χ4v) is 4.09. The van der Waals surface area contributed by atoms with Crippen molar-refractivity contribution in [1.82, 2.24) is 14.7 Å². The fourth-order valence-electron chi connectivity index (χ4n) is 4.09. The summed E-state index contributed by atoms with van der Waals surface area (Å²) < 4.78 is 10.4. The number of amides is 4. The summed E-state index contributed by atoms with van der Waals surface area (Å²) in [7, 11) is 2.93. The van der Waals surface area contributed by atoms with E-state index in [2.05, 4.69) is 0 Å². The van der Waals surface area contributed by atoms with Crippen LogP contribution in [0.3, 0.4) is 0 Å². The largest absolute Gasteiger partial charge is 0.496 e. The van der Waals surface area contributed by atoms with Crippen molar-refractivity contribution in [2.24, 2.45) is 0 Å². The Kier molecular flexibility index (Phi) is 6.28. The SMILES string of the molecule is CCOC(=O)N1CCN(C(=O)C[C@@]2(c3ccccc3OC)CC(=O)N(C)C2=O)CC1. The molecule has 1 atom stereocenters. The van der Waals surface area contributed by atoms with Gasteiger partial charge in [0.15, 0.2) is 0 Å². The van der Waals surface area contributed by atoms with E-state index in [-0.39, 0.29) is 24.7 Å². The molecule has 0 bridgehead atoms. The lowest BCUT2D eigenvalue weighted by Gasteiger charge is -2.36. The quantitative estimate of drug-likeness (QED) is 0.664. The molecule has 2 aliphatic heterocycles. The van der Waals surface area contributed by atoms with Crippen LogP contribution in [0, 0.1) is 0 Å². The Morgan fingerprint density at radius 3 is 2.27 bits per heavy atom. The first-order valence-electron chi connectivity index (χ1n) is 9.98. The van der Waals surface area contributed by atoms with Crippen molar-refractivity contribution in [2.45, 2.75) is 25.2 Å². The highest BCUT2D eigenvalue weighted by Crippen LogP contribution is 2.43. The number of methoxy groups -OCH3 is 1. The van der Waals surface area contributed by atoms with Crippen molar-refractivity contribution in [1.29, 1.82) is 0 Å². The summed E-state index contributed by atoms with van der Waals surface area (Å²) in [6.45, 7) is 3.45. The van der Waals surface area contributed by atoms with E-state index in [0.717, 1.165) is 4.90 Å². The lowest BCUT2D eigenvalue weighted by Crippen LogP contribution is -2.52. The average Bonchev–Trinajstić information content (AvgIpc) is 2.98. The van der Waals surface area contributed by atoms with E-state index in [1.165, 1.54) is 14.2 Å². The molecule has 9 nitrogen and oxygen atoms in total. The number of likely N-dealkylation sites (N-methyl/N-ethyl adjacent to an activating group) is 1. The number of likely N-dealkylation sites (tertiary alicyclic amines) is 1. The van der Waals surface area contributed by atoms with Crippen LogP contribution in [0.25, 0.3) is 0 Å². The summed E-state index contributed by atoms with van der Waals surface area (Å²) in [5, 5.41) is 0. The second-order valence-corrected chi connectivity index (χ2v) is 7.46. The molecule has 162 valence electrons. The number of nitrogens with zero attached hydrogens (tertiary/aromatic N) is 3. The molecule has 4 amide bonds. The van der Waals surface area contributed by atoms with E-state index in [9.17, 15) is 19.2 Å². The van der Waals surface area contributed by atoms with Crippen LogP contribution in [0.1, 0.15) is 25.3 Å². The number of rotatable bonds is 5. The van der Waals surface area contributed by atoms with E-state index in [4.69, 9.17) is 9.47 Å². The highest BCUT2D eigenvalue weighted by Gasteiger charge is 2.54. The number of benzene rings is 1. The minimum absolute atomic E-state index is 0.0861. The van der Waals surface area contributed by atoms with Crippen LogP contribution in [0.15, 0.2) is 24.3 Å². The topological polar surface area (TPSA) is 96.5 Å². The molecule has 2 fully saturated rings. The Morgan fingerprint density at radius 1 is 1.07 bits per heavy atom. The smallest absolute Gasteiger partial charge is 0.409 e. The summed E-state index contributed by atoms with van der Waals surface area (Å²) in [6, 6.07) is 6.99. The van der Waals surface area contributed by atoms with Crippen LogP contribution >= 0.6 is 0 Å². The second-order valence-electron chi connectivity index (χ2n) is 7.46. The van der Waals surface area contributed by atoms with E-state index < -0.39 is 17.4 Å². The molecule has 0 aliphatic carbocycles. The normalized spacial score (nSPS) is 21.8. The van der Waals surface area contributed by atoms with Crippen LogP contribution in [0.5, 0.6) is 5.75 Å². The Labute approximate surface area is 175 Å². The molecule has 0 radical (unpaired) electrons. The molecule has 0 N–H and O–H groups in total. The van der Waals surface area contributed by atoms with Crippen molar-refractivity contribution in [2.75, 3.05) is 46.9 Å². The van der Waals surface area contributed by atoms with Gasteiger partial charge in [0.2, 0.25) is 17.7 Å². The van der Waals surface area contributed by atoms with Gasteiger partial charge < -0.3 is 19.3 Å². The molecule has 2 heterocycles. The maximum absolute atomic E-state index is 13.2. The average molecular weight is 417 g/mol. The maximum atomic E-state index is 13.2. The molecule has 0 spiro atoms. The molecule has 2 saturated heterocycles. The number of piperazine rings is 1. The number of carbonyl (C=O) groups is 4. The van der Waals surface area contributed by atoms with E-state index in [1.807, 2.05) is 0 Å². The van der Waals surface area contributed by atoms with E-state index >= 15 is 0 Å². The zero-order valence-corrected chi connectivity index (χ0v) is 17.6. The van der Waals surface area contributed by atoms with Crippen LogP contribution in [0.2, 0.25) is 0 Å². The van der Waals surface area contributed by atoms with Gasteiger partial charge in [-0.2, -0.15) is 0 Å². The van der Waals surface area contributed by atoms with Gasteiger partial charge in [0.05, 0.1) is 19.1 Å². The number of imide groups is 1. The third-order valence-corrected chi connectivity index (χ3v) is 5.78. The van der Waals surface area contributed by atoms with Crippen molar-refractivity contribution < 1.29 is 28.7 Å². The lowest BCUT2D eigenvalue weighted by molar-refractivity contribution is -0.142. The van der Waals surface area contributed by atoms with Gasteiger partial charge in [0, 0.05) is 51.6 Å². The standard InChI is InChI=1S/C21H27N3O6/c1-4-30-20(28)24-11-9-23(10-12-24)18(26)14-21(13-17(25)22(2)19(21)27)15-7-5-6-8-16(15)29-3/h5-8H,4,9-14H2,1-3H3/t21-/m1/s1. The summed E-state index contributed by atoms with van der Waals surface area (Å²) >= 11 is 0. The van der Waals surface area contributed by atoms with Crippen molar-refractivity contribution in [3.63, 3.8) is 0 Å². The van der Waals surface area contributed by atoms with Crippen LogP contribution in [-0.4, -0.2) is 85.5 Å². The molecular weight excluding hydrogens is 390 g/mol. The zero-order valence-electron chi connectivity index (χ0n) is 17.6. The zero-order chi connectivity index (χ0) is 21.9. The molecule has 2 aliphatic rings. The third kappa shape index (κ3) is 3.83. The number of hydrogen-bond donors (Lipinski definition) is 0. The molecule has 30 heavy (non-hydrogen) atoms. The van der Waals surface area contributed by atoms with Gasteiger partial charge in [0.1, 0.15) is 5.75 Å². The molecular formula is C21H27N3O6. The Hall–Kier alpha value is -3.10. The Bertz CT molecular complexity index is 849. The van der Waals surface area contributed by atoms with Gasteiger partial charge >= 0.3 is 6.09 Å². The van der Waals surface area contributed by atoms with Gasteiger partial charge in [0.25, 0.3) is 0 Å². The summed E-state index contributed by atoms with van der Waals surface area (Å²) in [4.78, 5) is 54.8. The first-order valence-corrected chi connectivity index (χ1v) is 9.98. The summed E-state index contributed by atoms with van der Waals surface area (Å²) in [5.41, 5.74) is -0.762. The van der Waals surface area contributed by atoms with Crippen LogP contribution < -0.4 is 4.74 Å². The first-order chi connectivity index (χ1) is 14.3. The number of carbonyl (C=O) groups excluding carboxylic acids is 4. The molecule has 1 aromatic carbocycles. The van der Waals surface area contributed by atoms with Crippen LogP contribution in [-0.2, 0) is 24.5 Å². The van der Waals surface area contributed by atoms with Gasteiger partial charge in [-0.15, -0.1) is 0 Å². The van der Waals surface area contributed by atoms with Crippen molar-refractivity contribution >= 4 is 23.8 Å². The number of ether oxygens (including phenoxy) is 2. The highest BCUT2D eigenvalue weighted by molar-refractivity contribution is 6.10. The predicted octanol–water partition coefficient (Wildman–Crippen LogP) is 1.01. The van der Waals surface area contributed by atoms with Crippen molar-refractivity contribution in [3.8, 4) is 5.75 Å². The molecule has 9 heteroatoms. The highest BCUT2D eigenvalue weighted by atomic mass is 16.6. The van der Waals surface area contributed by atoms with Crippen LogP contribution in [0.4, 0.5) is 4.79 Å². The minimum Gasteiger partial charge on any atom is -0.496 e. The predicted molar refractivity (Wildman–Crippen MR) is 107 cm³/mol. The Balaban J connectivity index is 1.82. The lowest BCUT2D eigenvalue weighted by atomic mass is 9.75. The Morgan fingerprint density at radius 2 is 1.70 bits per heavy atom. The third-order valence-electron chi connectivity index (χ3n) is 5.78. The molecule has 3 rings (SSSR count). The second kappa shape index (κ2) is 8.73. The first kappa shape index (κ1) is 21.6. The van der Waals surface area contributed by atoms with Gasteiger partial charge in [-0.3, -0.25) is 19.3 Å². The van der Waals surface area contributed by atoms with Crippen molar-refractivity contribution in [3.05, 3.63) is 29.8 Å². The summed E-state index contributed by atoms with van der Waals surface area (Å²) in [6.07, 6.45) is -0.618. The fraction of sp³-hybridized carbons (Fsp3) is 0.524. The maximum Gasteiger partial charge on any atom is 0.409 e. The molecule has 0 saturated carbocycles. The number of hydrogen-bond acceptors (Lipinski definition) is 6. The minimum atomic E-state index is -1.30. The summed E-state index contributed by atoms with van der Waals surface area (Å²) in [5.74, 6) is -0.504. The molecule has 0 aromatic heterocycles. The molecule has 1 aromatic rings. The molecule has 0 unspecified atom stereocenters. The van der Waals surface area contributed by atoms with Gasteiger partial charge in [-0.1, -0.05) is 18.2 Å². The van der Waals surface area contributed by atoms with E-state index in [0.29, 0.717) is 44.1 Å².